The molecule has 2 atom stereocenters. The molecule has 0 radical (unpaired) electrons. The summed E-state index contributed by atoms with van der Waals surface area (Å²) < 4.78 is 15.7. The van der Waals surface area contributed by atoms with Gasteiger partial charge < -0.3 is 19.0 Å². The van der Waals surface area contributed by atoms with Crippen molar-refractivity contribution in [3.63, 3.8) is 0 Å². The molecule has 1 aliphatic heterocycles. The number of ether oxygens (including phenoxy) is 3. The molecule has 1 saturated heterocycles. The average molecular weight is 216 g/mol. The van der Waals surface area contributed by atoms with Crippen molar-refractivity contribution in [1.29, 1.82) is 0 Å². The maximum atomic E-state index is 10.8. The second-order valence-electron chi connectivity index (χ2n) is 3.42. The Kier molecular flexibility index (Phi) is 4.23. The topological polar surface area (TPSA) is 61.8 Å². The van der Waals surface area contributed by atoms with Crippen LogP contribution in [0.3, 0.4) is 0 Å². The molecular formula is C10H16O5. The number of hydrogen-bond donors (Lipinski definition) is 0. The van der Waals surface area contributed by atoms with Crippen LogP contribution >= 0.6 is 0 Å². The van der Waals surface area contributed by atoms with Gasteiger partial charge in [-0.15, -0.1) is 0 Å². The maximum absolute atomic E-state index is 10.8. The highest BCUT2D eigenvalue weighted by molar-refractivity contribution is 5.57. The molecule has 5 nitrogen and oxygen atoms in total. The van der Waals surface area contributed by atoms with E-state index in [0.29, 0.717) is 25.6 Å². The van der Waals surface area contributed by atoms with Gasteiger partial charge in [0.15, 0.2) is 12.1 Å². The number of carbonyl (C=O) groups excluding carboxylic acids is 2. The van der Waals surface area contributed by atoms with Gasteiger partial charge in [-0.25, -0.2) is 0 Å². The molecule has 0 aromatic rings. The molecule has 1 aliphatic rings. The van der Waals surface area contributed by atoms with E-state index in [9.17, 15) is 9.59 Å². The monoisotopic (exact) mass is 216 g/mol. The standard InChI is InChI=1S/C10H16O5/c1-3-10(4-2)14-8(5-11)9(15-10)6-13-7-12/h5,7-9H,3-4,6H2,1-2H3. The van der Waals surface area contributed by atoms with Crippen LogP contribution in [0.4, 0.5) is 0 Å². The molecule has 0 aliphatic carbocycles. The quantitative estimate of drug-likeness (QED) is 0.610. The lowest BCUT2D eigenvalue weighted by atomic mass is 10.1. The molecule has 0 amide bonds. The van der Waals surface area contributed by atoms with Crippen molar-refractivity contribution in [3.8, 4) is 0 Å². The van der Waals surface area contributed by atoms with Gasteiger partial charge in [0, 0.05) is 0 Å². The van der Waals surface area contributed by atoms with E-state index in [4.69, 9.17) is 9.47 Å². The van der Waals surface area contributed by atoms with Gasteiger partial charge in [0.1, 0.15) is 18.8 Å². The molecule has 0 aromatic heterocycles. The summed E-state index contributed by atoms with van der Waals surface area (Å²) in [4.78, 5) is 20.8. The fourth-order valence-corrected chi connectivity index (χ4v) is 1.66. The molecule has 1 heterocycles. The molecule has 86 valence electrons. The van der Waals surface area contributed by atoms with Crippen LogP contribution in [0.1, 0.15) is 26.7 Å². The zero-order valence-electron chi connectivity index (χ0n) is 8.97. The fourth-order valence-electron chi connectivity index (χ4n) is 1.66. The van der Waals surface area contributed by atoms with Crippen molar-refractivity contribution in [3.05, 3.63) is 0 Å². The van der Waals surface area contributed by atoms with Crippen LogP contribution in [0, 0.1) is 0 Å². The highest BCUT2D eigenvalue weighted by Gasteiger charge is 2.45. The average Bonchev–Trinajstić information content (AvgIpc) is 2.65. The number of hydrogen-bond acceptors (Lipinski definition) is 5. The van der Waals surface area contributed by atoms with E-state index in [0.717, 1.165) is 0 Å². The molecule has 0 N–H and O–H groups in total. The minimum Gasteiger partial charge on any atom is -0.465 e. The van der Waals surface area contributed by atoms with Crippen molar-refractivity contribution in [2.75, 3.05) is 6.61 Å². The Hall–Kier alpha value is -0.940. The molecule has 15 heavy (non-hydrogen) atoms. The third-order valence-corrected chi connectivity index (χ3v) is 2.62. The van der Waals surface area contributed by atoms with Crippen LogP contribution in [0.5, 0.6) is 0 Å². The van der Waals surface area contributed by atoms with E-state index in [1.54, 1.807) is 0 Å². The van der Waals surface area contributed by atoms with E-state index < -0.39 is 18.0 Å². The van der Waals surface area contributed by atoms with Crippen molar-refractivity contribution in [2.24, 2.45) is 0 Å². The summed E-state index contributed by atoms with van der Waals surface area (Å²) in [5.74, 6) is -0.706. The van der Waals surface area contributed by atoms with E-state index in [2.05, 4.69) is 4.74 Å². The smallest absolute Gasteiger partial charge is 0.293 e. The second-order valence-corrected chi connectivity index (χ2v) is 3.42. The molecule has 0 bridgehead atoms. The highest BCUT2D eigenvalue weighted by Crippen LogP contribution is 2.33. The molecule has 0 spiro atoms. The van der Waals surface area contributed by atoms with Gasteiger partial charge in [-0.05, 0) is 12.8 Å². The van der Waals surface area contributed by atoms with Crippen LogP contribution in [0.15, 0.2) is 0 Å². The van der Waals surface area contributed by atoms with E-state index >= 15 is 0 Å². The number of rotatable bonds is 6. The third-order valence-electron chi connectivity index (χ3n) is 2.62. The van der Waals surface area contributed by atoms with Crippen LogP contribution < -0.4 is 0 Å². The van der Waals surface area contributed by atoms with Crippen LogP contribution in [-0.2, 0) is 23.8 Å². The predicted molar refractivity (Wildman–Crippen MR) is 51.1 cm³/mol. The van der Waals surface area contributed by atoms with E-state index in [1.807, 2.05) is 13.8 Å². The van der Waals surface area contributed by atoms with Gasteiger partial charge in [0.2, 0.25) is 0 Å². The summed E-state index contributed by atoms with van der Waals surface area (Å²) in [7, 11) is 0. The summed E-state index contributed by atoms with van der Waals surface area (Å²) in [5.41, 5.74) is 0. The molecule has 0 aromatic carbocycles. The lowest BCUT2D eigenvalue weighted by Crippen LogP contribution is -2.30. The van der Waals surface area contributed by atoms with Gasteiger partial charge in [-0.1, -0.05) is 13.8 Å². The SMILES string of the molecule is CCC1(CC)OC(C=O)C(COC=O)O1. The van der Waals surface area contributed by atoms with Gasteiger partial charge >= 0.3 is 0 Å². The first-order chi connectivity index (χ1) is 7.21. The molecule has 1 rings (SSSR count). The summed E-state index contributed by atoms with van der Waals surface area (Å²) in [6, 6.07) is 0. The van der Waals surface area contributed by atoms with E-state index in [1.165, 1.54) is 0 Å². The van der Waals surface area contributed by atoms with Crippen molar-refractivity contribution >= 4 is 12.8 Å². The largest absolute Gasteiger partial charge is 0.465 e. The summed E-state index contributed by atoms with van der Waals surface area (Å²) in [6.45, 7) is 4.24. The Labute approximate surface area is 88.7 Å². The minimum absolute atomic E-state index is 0.0503. The van der Waals surface area contributed by atoms with Crippen LogP contribution in [0.25, 0.3) is 0 Å². The Balaban J connectivity index is 2.64. The second kappa shape index (κ2) is 5.23. The molecule has 1 fully saturated rings. The van der Waals surface area contributed by atoms with E-state index in [-0.39, 0.29) is 6.61 Å². The third kappa shape index (κ3) is 2.54. The van der Waals surface area contributed by atoms with Crippen molar-refractivity contribution in [1.82, 2.24) is 0 Å². The summed E-state index contributed by atoms with van der Waals surface area (Å²) in [5, 5.41) is 0. The lowest BCUT2D eigenvalue weighted by molar-refractivity contribution is -0.182. The highest BCUT2D eigenvalue weighted by atomic mass is 16.8. The molecule has 0 saturated carbocycles. The molecule has 5 heteroatoms. The van der Waals surface area contributed by atoms with Gasteiger partial charge in [-0.2, -0.15) is 0 Å². The Bertz CT molecular complexity index is 224. The van der Waals surface area contributed by atoms with Crippen molar-refractivity contribution < 1.29 is 23.8 Å². The Morgan fingerprint density at radius 1 is 1.27 bits per heavy atom. The Morgan fingerprint density at radius 2 is 1.93 bits per heavy atom. The van der Waals surface area contributed by atoms with Crippen LogP contribution in [0.2, 0.25) is 0 Å². The predicted octanol–water partition coefficient (Wildman–Crippen LogP) is 0.659. The lowest BCUT2D eigenvalue weighted by Gasteiger charge is -2.24. The molecule has 2 unspecified atom stereocenters. The van der Waals surface area contributed by atoms with Gasteiger partial charge in [0.05, 0.1) is 0 Å². The van der Waals surface area contributed by atoms with Gasteiger partial charge in [-0.3, -0.25) is 4.79 Å². The molecular weight excluding hydrogens is 200 g/mol. The minimum atomic E-state index is -0.706. The van der Waals surface area contributed by atoms with Crippen molar-refractivity contribution in [2.45, 2.75) is 44.7 Å². The van der Waals surface area contributed by atoms with Crippen LogP contribution in [-0.4, -0.2) is 37.4 Å². The maximum Gasteiger partial charge on any atom is 0.293 e. The summed E-state index contributed by atoms with van der Waals surface area (Å²) in [6.07, 6.45) is 0.861. The first kappa shape index (κ1) is 12.1. The number of aldehydes is 1. The number of carbonyl (C=O) groups is 2. The first-order valence-corrected chi connectivity index (χ1v) is 5.07. The first-order valence-electron chi connectivity index (χ1n) is 5.07. The van der Waals surface area contributed by atoms with Gasteiger partial charge in [0.25, 0.3) is 6.47 Å². The zero-order chi connectivity index (χ0) is 11.3. The fraction of sp³-hybridized carbons (Fsp3) is 0.800. The summed E-state index contributed by atoms with van der Waals surface area (Å²) >= 11 is 0. The Morgan fingerprint density at radius 3 is 2.40 bits per heavy atom. The zero-order valence-corrected chi connectivity index (χ0v) is 8.97. The normalized spacial score (nSPS) is 28.7.